The quantitative estimate of drug-likeness (QED) is 0.416. The first-order valence-corrected chi connectivity index (χ1v) is 11.5. The Morgan fingerprint density at radius 1 is 1.09 bits per heavy atom. The number of ether oxygens (including phenoxy) is 1. The first kappa shape index (κ1) is 21.1. The molecular formula is C27H24N6O2. The molecule has 174 valence electrons. The second kappa shape index (κ2) is 8.39. The van der Waals surface area contributed by atoms with E-state index < -0.39 is 6.04 Å². The molecule has 1 amide bonds. The molecule has 0 saturated heterocycles. The van der Waals surface area contributed by atoms with Crippen molar-refractivity contribution in [2.45, 2.75) is 25.8 Å². The average molecular weight is 465 g/mol. The number of benzene rings is 3. The number of methoxy groups -OCH3 is 1. The van der Waals surface area contributed by atoms with Gasteiger partial charge in [0, 0.05) is 17.4 Å². The predicted octanol–water partition coefficient (Wildman–Crippen LogP) is 4.73. The van der Waals surface area contributed by atoms with Gasteiger partial charge in [-0.05, 0) is 54.3 Å². The van der Waals surface area contributed by atoms with E-state index in [9.17, 15) is 4.79 Å². The Bertz CT molecular complexity index is 1570. The SMILES string of the molecule is COc1cc(-c2cn(C3CCc4c(ccc5ccccc45)NC3=O)nn2)ccc1-n1cnc(C)c1. The molecular weight excluding hydrogens is 440 g/mol. The van der Waals surface area contributed by atoms with Crippen molar-refractivity contribution >= 4 is 22.4 Å². The van der Waals surface area contributed by atoms with Gasteiger partial charge in [-0.2, -0.15) is 0 Å². The van der Waals surface area contributed by atoms with Crippen LogP contribution in [0.2, 0.25) is 0 Å². The Kier molecular flexibility index (Phi) is 5.06. The molecule has 0 radical (unpaired) electrons. The van der Waals surface area contributed by atoms with Gasteiger partial charge in [0.2, 0.25) is 5.91 Å². The zero-order valence-electron chi connectivity index (χ0n) is 19.5. The number of carbonyl (C=O) groups is 1. The summed E-state index contributed by atoms with van der Waals surface area (Å²) < 4.78 is 9.22. The Hall–Kier alpha value is -4.46. The summed E-state index contributed by atoms with van der Waals surface area (Å²) in [6.45, 7) is 1.94. The van der Waals surface area contributed by atoms with Crippen molar-refractivity contribution in [3.8, 4) is 22.7 Å². The monoisotopic (exact) mass is 464 g/mol. The molecule has 1 atom stereocenters. The van der Waals surface area contributed by atoms with Crippen molar-refractivity contribution in [1.82, 2.24) is 24.5 Å². The maximum atomic E-state index is 13.1. The van der Waals surface area contributed by atoms with Crippen molar-refractivity contribution in [2.75, 3.05) is 12.4 Å². The van der Waals surface area contributed by atoms with Crippen LogP contribution in [0.4, 0.5) is 5.69 Å². The first-order valence-electron chi connectivity index (χ1n) is 11.5. The molecule has 35 heavy (non-hydrogen) atoms. The molecule has 0 bridgehead atoms. The Morgan fingerprint density at radius 3 is 2.80 bits per heavy atom. The van der Waals surface area contributed by atoms with Crippen molar-refractivity contribution in [2.24, 2.45) is 0 Å². The van der Waals surface area contributed by atoms with E-state index in [1.807, 2.05) is 66.3 Å². The summed E-state index contributed by atoms with van der Waals surface area (Å²) in [6, 6.07) is 17.7. The summed E-state index contributed by atoms with van der Waals surface area (Å²) >= 11 is 0. The predicted molar refractivity (Wildman–Crippen MR) is 134 cm³/mol. The maximum absolute atomic E-state index is 13.1. The highest BCUT2D eigenvalue weighted by Gasteiger charge is 2.27. The van der Waals surface area contributed by atoms with Gasteiger partial charge in [-0.15, -0.1) is 5.10 Å². The van der Waals surface area contributed by atoms with E-state index in [2.05, 4.69) is 32.7 Å². The summed E-state index contributed by atoms with van der Waals surface area (Å²) in [7, 11) is 1.64. The van der Waals surface area contributed by atoms with Crippen molar-refractivity contribution in [1.29, 1.82) is 0 Å². The van der Waals surface area contributed by atoms with Gasteiger partial charge < -0.3 is 14.6 Å². The smallest absolute Gasteiger partial charge is 0.249 e. The van der Waals surface area contributed by atoms with Crippen molar-refractivity contribution < 1.29 is 9.53 Å². The van der Waals surface area contributed by atoms with Crippen LogP contribution in [0, 0.1) is 6.92 Å². The van der Waals surface area contributed by atoms with E-state index in [1.54, 1.807) is 18.1 Å². The van der Waals surface area contributed by atoms with E-state index in [0.717, 1.165) is 34.6 Å². The highest BCUT2D eigenvalue weighted by molar-refractivity contribution is 5.99. The topological polar surface area (TPSA) is 86.9 Å². The van der Waals surface area contributed by atoms with E-state index in [-0.39, 0.29) is 5.91 Å². The Morgan fingerprint density at radius 2 is 1.97 bits per heavy atom. The van der Waals surface area contributed by atoms with Gasteiger partial charge in [-0.3, -0.25) is 4.79 Å². The van der Waals surface area contributed by atoms with E-state index in [0.29, 0.717) is 17.9 Å². The van der Waals surface area contributed by atoms with Crippen LogP contribution in [0.1, 0.15) is 23.7 Å². The minimum atomic E-state index is -0.447. The lowest BCUT2D eigenvalue weighted by Crippen LogP contribution is -2.25. The minimum Gasteiger partial charge on any atom is -0.495 e. The molecule has 0 aliphatic carbocycles. The fourth-order valence-electron chi connectivity index (χ4n) is 4.77. The van der Waals surface area contributed by atoms with Crippen molar-refractivity contribution in [3.05, 3.63) is 84.6 Å². The van der Waals surface area contributed by atoms with Gasteiger partial charge in [0.1, 0.15) is 17.5 Å². The van der Waals surface area contributed by atoms with Gasteiger partial charge in [0.15, 0.2) is 0 Å². The van der Waals surface area contributed by atoms with Crippen LogP contribution in [0.15, 0.2) is 73.3 Å². The molecule has 0 fully saturated rings. The Labute approximate surface area is 202 Å². The van der Waals surface area contributed by atoms with E-state index in [1.165, 1.54) is 10.8 Å². The molecule has 8 nitrogen and oxygen atoms in total. The lowest BCUT2D eigenvalue weighted by molar-refractivity contribution is -0.119. The third-order valence-electron chi connectivity index (χ3n) is 6.56. The molecule has 1 N–H and O–H groups in total. The molecule has 1 aliphatic heterocycles. The van der Waals surface area contributed by atoms with Crippen LogP contribution in [-0.4, -0.2) is 37.6 Å². The molecule has 0 spiro atoms. The third kappa shape index (κ3) is 3.73. The second-order valence-corrected chi connectivity index (χ2v) is 8.75. The first-order chi connectivity index (χ1) is 17.1. The number of fused-ring (bicyclic) bond motifs is 3. The lowest BCUT2D eigenvalue weighted by atomic mass is 9.98. The van der Waals surface area contributed by atoms with Gasteiger partial charge in [0.05, 0.1) is 31.0 Å². The van der Waals surface area contributed by atoms with Crippen LogP contribution in [-0.2, 0) is 11.2 Å². The number of nitrogens with zero attached hydrogens (tertiary/aromatic N) is 5. The van der Waals surface area contributed by atoms with Crippen LogP contribution >= 0.6 is 0 Å². The number of nitrogens with one attached hydrogen (secondary N) is 1. The number of imidazole rings is 1. The summed E-state index contributed by atoms with van der Waals surface area (Å²) in [4.78, 5) is 17.4. The number of hydrogen-bond acceptors (Lipinski definition) is 5. The fraction of sp³-hybridized carbons (Fsp3) is 0.185. The Balaban J connectivity index is 1.29. The highest BCUT2D eigenvalue weighted by atomic mass is 16.5. The lowest BCUT2D eigenvalue weighted by Gasteiger charge is -2.12. The molecule has 0 saturated carbocycles. The van der Waals surface area contributed by atoms with Crippen LogP contribution in [0.5, 0.6) is 5.75 Å². The number of anilines is 1. The molecule has 6 rings (SSSR count). The number of amides is 1. The molecule has 2 aromatic heterocycles. The number of aryl methyl sites for hydroxylation is 2. The van der Waals surface area contributed by atoms with Gasteiger partial charge in [-0.25, -0.2) is 9.67 Å². The van der Waals surface area contributed by atoms with E-state index >= 15 is 0 Å². The largest absolute Gasteiger partial charge is 0.495 e. The van der Waals surface area contributed by atoms with E-state index in [4.69, 9.17) is 4.74 Å². The van der Waals surface area contributed by atoms with Gasteiger partial charge >= 0.3 is 0 Å². The van der Waals surface area contributed by atoms with Crippen LogP contribution < -0.4 is 10.1 Å². The summed E-state index contributed by atoms with van der Waals surface area (Å²) in [5.74, 6) is 0.614. The molecule has 5 aromatic rings. The molecule has 1 unspecified atom stereocenters. The zero-order chi connectivity index (χ0) is 23.9. The summed E-state index contributed by atoms with van der Waals surface area (Å²) in [6.07, 6.45) is 6.93. The fourth-order valence-corrected chi connectivity index (χ4v) is 4.77. The molecule has 8 heteroatoms. The summed E-state index contributed by atoms with van der Waals surface area (Å²) in [5, 5.41) is 14.1. The maximum Gasteiger partial charge on any atom is 0.249 e. The van der Waals surface area contributed by atoms with Crippen LogP contribution in [0.3, 0.4) is 0 Å². The standard InChI is InChI=1S/C27H24N6O2/c1-17-14-32(16-28-17)24-11-8-19(13-26(24)35-2)23-15-33(31-30-23)25-12-9-21-20-6-4-3-5-18(20)7-10-22(21)29-27(25)34/h3-8,10-11,13-16,25H,9,12H2,1-2H3,(H,29,34). The van der Waals surface area contributed by atoms with Gasteiger partial charge in [0.25, 0.3) is 0 Å². The molecule has 3 aromatic carbocycles. The van der Waals surface area contributed by atoms with Crippen molar-refractivity contribution in [3.63, 3.8) is 0 Å². The summed E-state index contributed by atoms with van der Waals surface area (Å²) in [5.41, 5.74) is 5.38. The van der Waals surface area contributed by atoms with Gasteiger partial charge in [-0.1, -0.05) is 41.6 Å². The number of carbonyl (C=O) groups excluding carboxylic acids is 1. The molecule has 1 aliphatic rings. The number of rotatable bonds is 4. The third-order valence-corrected chi connectivity index (χ3v) is 6.56. The highest BCUT2D eigenvalue weighted by Crippen LogP contribution is 2.34. The zero-order valence-corrected chi connectivity index (χ0v) is 19.5. The van der Waals surface area contributed by atoms with Crippen LogP contribution in [0.25, 0.3) is 27.7 Å². The number of aromatic nitrogens is 5. The normalized spacial score (nSPS) is 15.5. The number of hydrogen-bond donors (Lipinski definition) is 1. The average Bonchev–Trinajstić information content (AvgIpc) is 3.50. The second-order valence-electron chi connectivity index (χ2n) is 8.75. The molecule has 3 heterocycles. The minimum absolute atomic E-state index is 0.0844.